The molecule has 110 valence electrons. The van der Waals surface area contributed by atoms with Crippen LogP contribution in [0.15, 0.2) is 36.4 Å². The molecule has 0 heterocycles. The fourth-order valence-electron chi connectivity index (χ4n) is 3.45. The summed E-state index contributed by atoms with van der Waals surface area (Å²) in [6.07, 6.45) is 8.93. The Balaban J connectivity index is 1.61. The SMILES string of the molecule is CC(=O)c1ccc(NC(=O)C2[C@@H]3CCC=CCC[C@@H]23)cc1. The fourth-order valence-corrected chi connectivity index (χ4v) is 3.45. The number of fused-ring (bicyclic) bond motifs is 1. The van der Waals surface area contributed by atoms with Gasteiger partial charge in [-0.2, -0.15) is 0 Å². The Kier molecular flexibility index (Phi) is 3.91. The summed E-state index contributed by atoms with van der Waals surface area (Å²) >= 11 is 0. The van der Waals surface area contributed by atoms with Crippen LogP contribution in [0.25, 0.3) is 0 Å². The molecule has 3 nitrogen and oxygen atoms in total. The van der Waals surface area contributed by atoms with E-state index in [4.69, 9.17) is 0 Å². The molecule has 0 bridgehead atoms. The van der Waals surface area contributed by atoms with Crippen LogP contribution in [-0.4, -0.2) is 11.7 Å². The van der Waals surface area contributed by atoms with Crippen molar-refractivity contribution < 1.29 is 9.59 Å². The molecule has 1 amide bonds. The van der Waals surface area contributed by atoms with Crippen LogP contribution < -0.4 is 5.32 Å². The number of allylic oxidation sites excluding steroid dienone is 2. The summed E-state index contributed by atoms with van der Waals surface area (Å²) < 4.78 is 0. The summed E-state index contributed by atoms with van der Waals surface area (Å²) in [6, 6.07) is 7.14. The summed E-state index contributed by atoms with van der Waals surface area (Å²) in [5.74, 6) is 1.49. The van der Waals surface area contributed by atoms with Crippen LogP contribution in [-0.2, 0) is 4.79 Å². The highest BCUT2D eigenvalue weighted by Crippen LogP contribution is 2.53. The van der Waals surface area contributed by atoms with Gasteiger partial charge < -0.3 is 5.32 Å². The summed E-state index contributed by atoms with van der Waals surface area (Å²) in [5.41, 5.74) is 1.45. The Bertz CT molecular complexity index is 557. The van der Waals surface area contributed by atoms with Gasteiger partial charge in [0.2, 0.25) is 5.91 Å². The lowest BCUT2D eigenvalue weighted by Crippen LogP contribution is -2.15. The predicted molar refractivity (Wildman–Crippen MR) is 83.2 cm³/mol. The maximum Gasteiger partial charge on any atom is 0.228 e. The molecule has 0 unspecified atom stereocenters. The van der Waals surface area contributed by atoms with Gasteiger partial charge in [0.1, 0.15) is 0 Å². The van der Waals surface area contributed by atoms with Gasteiger partial charge in [0.05, 0.1) is 0 Å². The van der Waals surface area contributed by atoms with Crippen molar-refractivity contribution in [3.8, 4) is 0 Å². The van der Waals surface area contributed by atoms with Crippen molar-refractivity contribution in [1.29, 1.82) is 0 Å². The third kappa shape index (κ3) is 3.07. The van der Waals surface area contributed by atoms with E-state index in [2.05, 4.69) is 17.5 Å². The number of hydrogen-bond donors (Lipinski definition) is 1. The van der Waals surface area contributed by atoms with E-state index in [1.807, 2.05) is 0 Å². The van der Waals surface area contributed by atoms with Crippen molar-refractivity contribution >= 4 is 17.4 Å². The van der Waals surface area contributed by atoms with Crippen molar-refractivity contribution in [1.82, 2.24) is 0 Å². The van der Waals surface area contributed by atoms with E-state index < -0.39 is 0 Å². The molecule has 1 N–H and O–H groups in total. The average molecular weight is 283 g/mol. The molecule has 2 aliphatic rings. The highest BCUT2D eigenvalue weighted by atomic mass is 16.2. The molecule has 2 aliphatic carbocycles. The second-order valence-electron chi connectivity index (χ2n) is 6.10. The van der Waals surface area contributed by atoms with Gasteiger partial charge in [-0.3, -0.25) is 9.59 Å². The first-order valence-corrected chi connectivity index (χ1v) is 7.73. The van der Waals surface area contributed by atoms with Crippen LogP contribution in [0.5, 0.6) is 0 Å². The fraction of sp³-hybridized carbons (Fsp3) is 0.444. The number of nitrogens with one attached hydrogen (secondary N) is 1. The zero-order valence-corrected chi connectivity index (χ0v) is 12.3. The summed E-state index contributed by atoms with van der Waals surface area (Å²) in [6.45, 7) is 1.54. The molecule has 0 radical (unpaired) electrons. The minimum atomic E-state index is 0.0427. The number of benzene rings is 1. The van der Waals surface area contributed by atoms with Crippen LogP contribution in [0, 0.1) is 17.8 Å². The van der Waals surface area contributed by atoms with E-state index in [9.17, 15) is 9.59 Å². The molecule has 0 saturated heterocycles. The van der Waals surface area contributed by atoms with E-state index >= 15 is 0 Å². The van der Waals surface area contributed by atoms with Crippen molar-refractivity contribution in [2.24, 2.45) is 17.8 Å². The van der Waals surface area contributed by atoms with Gasteiger partial charge >= 0.3 is 0 Å². The highest BCUT2D eigenvalue weighted by Gasteiger charge is 2.53. The molecule has 1 aromatic carbocycles. The maximum atomic E-state index is 12.4. The Labute approximate surface area is 125 Å². The Morgan fingerprint density at radius 1 is 1.00 bits per heavy atom. The molecular weight excluding hydrogens is 262 g/mol. The lowest BCUT2D eigenvalue weighted by molar-refractivity contribution is -0.117. The van der Waals surface area contributed by atoms with Crippen LogP contribution in [0.4, 0.5) is 5.69 Å². The van der Waals surface area contributed by atoms with Crippen molar-refractivity contribution in [3.63, 3.8) is 0 Å². The van der Waals surface area contributed by atoms with E-state index in [0.29, 0.717) is 17.4 Å². The minimum Gasteiger partial charge on any atom is -0.326 e. The molecule has 0 aromatic heterocycles. The maximum absolute atomic E-state index is 12.4. The summed E-state index contributed by atoms with van der Waals surface area (Å²) in [7, 11) is 0. The summed E-state index contributed by atoms with van der Waals surface area (Å²) in [4.78, 5) is 23.6. The number of ketones is 1. The van der Waals surface area contributed by atoms with Crippen LogP contribution in [0.1, 0.15) is 43.0 Å². The number of anilines is 1. The second-order valence-corrected chi connectivity index (χ2v) is 6.10. The van der Waals surface area contributed by atoms with Gasteiger partial charge in [-0.25, -0.2) is 0 Å². The van der Waals surface area contributed by atoms with Gasteiger partial charge in [0, 0.05) is 17.2 Å². The molecule has 1 saturated carbocycles. The standard InChI is InChI=1S/C18H21NO2/c1-12(20)13-8-10-14(11-9-13)19-18(21)17-15-6-4-2-3-5-7-16(15)17/h2-3,8-11,15-17H,4-7H2,1H3,(H,19,21)/t15-,16-/m1/s1. The molecule has 3 heteroatoms. The number of amides is 1. The largest absolute Gasteiger partial charge is 0.326 e. The smallest absolute Gasteiger partial charge is 0.228 e. The van der Waals surface area contributed by atoms with E-state index in [1.54, 1.807) is 31.2 Å². The van der Waals surface area contributed by atoms with Crippen molar-refractivity contribution in [2.45, 2.75) is 32.6 Å². The molecule has 1 aromatic rings. The average Bonchev–Trinajstić information content (AvgIpc) is 3.10. The second kappa shape index (κ2) is 5.84. The van der Waals surface area contributed by atoms with Crippen LogP contribution >= 0.6 is 0 Å². The van der Waals surface area contributed by atoms with Crippen LogP contribution in [0.2, 0.25) is 0 Å². The third-order valence-electron chi connectivity index (χ3n) is 4.69. The first kappa shape index (κ1) is 14.1. The lowest BCUT2D eigenvalue weighted by atomic mass is 10.1. The number of rotatable bonds is 3. The van der Waals surface area contributed by atoms with Crippen molar-refractivity contribution in [2.75, 3.05) is 5.32 Å². The normalized spacial score (nSPS) is 27.2. The Hall–Kier alpha value is -1.90. The first-order valence-electron chi connectivity index (χ1n) is 7.73. The number of Topliss-reactive ketones (excluding diaryl/α,β-unsaturated/α-hetero) is 1. The Morgan fingerprint density at radius 3 is 2.10 bits per heavy atom. The molecule has 3 rings (SSSR count). The predicted octanol–water partition coefficient (Wildman–Crippen LogP) is 3.82. The van der Waals surface area contributed by atoms with Crippen LogP contribution in [0.3, 0.4) is 0 Å². The lowest BCUT2D eigenvalue weighted by Gasteiger charge is -2.05. The Morgan fingerprint density at radius 2 is 1.57 bits per heavy atom. The van der Waals surface area contributed by atoms with E-state index in [1.165, 1.54) is 0 Å². The minimum absolute atomic E-state index is 0.0427. The molecule has 21 heavy (non-hydrogen) atoms. The number of carbonyl (C=O) groups excluding carboxylic acids is 2. The zero-order valence-electron chi connectivity index (χ0n) is 12.3. The van der Waals surface area contributed by atoms with Gasteiger partial charge in [0.15, 0.2) is 5.78 Å². The monoisotopic (exact) mass is 283 g/mol. The quantitative estimate of drug-likeness (QED) is 0.677. The van der Waals surface area contributed by atoms with Gasteiger partial charge in [-0.15, -0.1) is 0 Å². The molecule has 0 spiro atoms. The van der Waals surface area contributed by atoms with E-state index in [0.717, 1.165) is 31.4 Å². The highest BCUT2D eigenvalue weighted by molar-refractivity contribution is 5.97. The molecule has 2 atom stereocenters. The van der Waals surface area contributed by atoms with Gasteiger partial charge in [-0.1, -0.05) is 12.2 Å². The van der Waals surface area contributed by atoms with Gasteiger partial charge in [0.25, 0.3) is 0 Å². The summed E-state index contributed by atoms with van der Waals surface area (Å²) in [5, 5.41) is 3.00. The molecular formula is C18H21NO2. The molecule has 1 fully saturated rings. The van der Waals surface area contributed by atoms with E-state index in [-0.39, 0.29) is 17.6 Å². The van der Waals surface area contributed by atoms with Crippen molar-refractivity contribution in [3.05, 3.63) is 42.0 Å². The topological polar surface area (TPSA) is 46.2 Å². The van der Waals surface area contributed by atoms with Gasteiger partial charge in [-0.05, 0) is 68.7 Å². The number of hydrogen-bond acceptors (Lipinski definition) is 2. The third-order valence-corrected chi connectivity index (χ3v) is 4.69. The molecule has 0 aliphatic heterocycles. The first-order chi connectivity index (χ1) is 10.2. The zero-order chi connectivity index (χ0) is 14.8. The number of carbonyl (C=O) groups is 2.